The summed E-state index contributed by atoms with van der Waals surface area (Å²) in [6.07, 6.45) is 4.55. The van der Waals surface area contributed by atoms with Gasteiger partial charge in [0.25, 0.3) is 0 Å². The van der Waals surface area contributed by atoms with E-state index in [-0.39, 0.29) is 6.04 Å². The van der Waals surface area contributed by atoms with Crippen molar-refractivity contribution in [2.24, 2.45) is 17.6 Å². The maximum atomic E-state index is 9.96. The van der Waals surface area contributed by atoms with Crippen LogP contribution in [0.4, 0.5) is 0 Å². The Kier molecular flexibility index (Phi) is 1.52. The van der Waals surface area contributed by atoms with Crippen molar-refractivity contribution in [2.75, 3.05) is 0 Å². The van der Waals surface area contributed by atoms with Crippen LogP contribution >= 0.6 is 0 Å². The molecule has 2 rings (SSSR count). The first-order valence-electron chi connectivity index (χ1n) is 4.59. The van der Waals surface area contributed by atoms with Crippen LogP contribution in [0, 0.1) is 11.8 Å². The Morgan fingerprint density at radius 3 is 2.73 bits per heavy atom. The summed E-state index contributed by atoms with van der Waals surface area (Å²) in [4.78, 5) is 0. The molecule has 2 aliphatic rings. The van der Waals surface area contributed by atoms with Gasteiger partial charge >= 0.3 is 0 Å². The molecule has 0 heterocycles. The summed E-state index contributed by atoms with van der Waals surface area (Å²) < 4.78 is 0. The van der Waals surface area contributed by atoms with E-state index < -0.39 is 5.60 Å². The zero-order valence-electron chi connectivity index (χ0n) is 7.09. The lowest BCUT2D eigenvalue weighted by molar-refractivity contribution is 0.0158. The first-order valence-corrected chi connectivity index (χ1v) is 4.59. The number of nitrogens with two attached hydrogens (primary N) is 1. The molecule has 3 unspecified atom stereocenters. The van der Waals surface area contributed by atoms with Crippen molar-refractivity contribution in [3.63, 3.8) is 0 Å². The van der Waals surface area contributed by atoms with Gasteiger partial charge in [-0.1, -0.05) is 6.42 Å². The van der Waals surface area contributed by atoms with Crippen molar-refractivity contribution in [1.29, 1.82) is 0 Å². The topological polar surface area (TPSA) is 46.2 Å². The fraction of sp³-hybridized carbons (Fsp3) is 1.00. The minimum atomic E-state index is -0.458. The highest BCUT2D eigenvalue weighted by molar-refractivity contribution is 5.03. The molecule has 2 heteroatoms. The zero-order valence-corrected chi connectivity index (χ0v) is 7.09. The van der Waals surface area contributed by atoms with Crippen molar-refractivity contribution < 1.29 is 5.11 Å². The monoisotopic (exact) mass is 155 g/mol. The maximum Gasteiger partial charge on any atom is 0.0665 e. The summed E-state index contributed by atoms with van der Waals surface area (Å²) in [5, 5.41) is 9.96. The van der Waals surface area contributed by atoms with Crippen LogP contribution in [0.1, 0.15) is 32.6 Å². The molecule has 0 spiro atoms. The molecule has 2 aliphatic carbocycles. The highest BCUT2D eigenvalue weighted by Gasteiger charge is 2.49. The predicted molar refractivity (Wildman–Crippen MR) is 44.0 cm³/mol. The third kappa shape index (κ3) is 1.00. The Morgan fingerprint density at radius 2 is 2.18 bits per heavy atom. The third-order valence-corrected chi connectivity index (χ3v) is 3.57. The molecule has 0 saturated heterocycles. The Bertz CT molecular complexity index is 167. The van der Waals surface area contributed by atoms with Crippen molar-refractivity contribution in [2.45, 2.75) is 44.2 Å². The van der Waals surface area contributed by atoms with Crippen LogP contribution in [0.25, 0.3) is 0 Å². The average molecular weight is 155 g/mol. The van der Waals surface area contributed by atoms with Gasteiger partial charge in [-0.25, -0.2) is 0 Å². The second-order valence-corrected chi connectivity index (χ2v) is 4.44. The summed E-state index contributed by atoms with van der Waals surface area (Å²) in [5.74, 6) is 0.977. The van der Waals surface area contributed by atoms with Gasteiger partial charge in [0.15, 0.2) is 0 Å². The van der Waals surface area contributed by atoms with E-state index in [0.29, 0.717) is 11.8 Å². The van der Waals surface area contributed by atoms with E-state index in [0.717, 1.165) is 12.8 Å². The second-order valence-electron chi connectivity index (χ2n) is 4.44. The van der Waals surface area contributed by atoms with Gasteiger partial charge in [0.05, 0.1) is 5.60 Å². The molecule has 2 nitrogen and oxygen atoms in total. The molecule has 3 N–H and O–H groups in total. The van der Waals surface area contributed by atoms with E-state index in [1.54, 1.807) is 0 Å². The summed E-state index contributed by atoms with van der Waals surface area (Å²) in [7, 11) is 0. The molecule has 4 atom stereocenters. The van der Waals surface area contributed by atoms with Gasteiger partial charge in [0.1, 0.15) is 0 Å². The number of aliphatic hydroxyl groups is 1. The largest absolute Gasteiger partial charge is 0.390 e. The summed E-state index contributed by atoms with van der Waals surface area (Å²) >= 11 is 0. The van der Waals surface area contributed by atoms with Crippen molar-refractivity contribution in [3.8, 4) is 0 Å². The smallest absolute Gasteiger partial charge is 0.0665 e. The van der Waals surface area contributed by atoms with Gasteiger partial charge in [-0.2, -0.15) is 0 Å². The third-order valence-electron chi connectivity index (χ3n) is 3.57. The Balaban J connectivity index is 2.23. The van der Waals surface area contributed by atoms with Crippen LogP contribution in [0.2, 0.25) is 0 Å². The SMILES string of the molecule is C[C@@]1(O)CC2CCCC1C2N. The summed E-state index contributed by atoms with van der Waals surface area (Å²) in [5.41, 5.74) is 5.54. The van der Waals surface area contributed by atoms with Crippen molar-refractivity contribution in [3.05, 3.63) is 0 Å². The molecule has 2 saturated carbocycles. The molecule has 0 aromatic rings. The fourth-order valence-corrected chi connectivity index (χ4v) is 2.96. The average Bonchev–Trinajstić information content (AvgIpc) is 2.11. The second kappa shape index (κ2) is 2.20. The molecule has 0 aromatic heterocycles. The van der Waals surface area contributed by atoms with Gasteiger partial charge in [0.2, 0.25) is 0 Å². The first-order chi connectivity index (χ1) is 5.11. The van der Waals surface area contributed by atoms with Gasteiger partial charge < -0.3 is 10.8 Å². The minimum Gasteiger partial charge on any atom is -0.390 e. The quantitative estimate of drug-likeness (QED) is 0.545. The van der Waals surface area contributed by atoms with Crippen LogP contribution in [-0.2, 0) is 0 Å². The molecular formula is C9H17NO. The number of fused-ring (bicyclic) bond motifs is 2. The molecule has 2 fully saturated rings. The van der Waals surface area contributed by atoms with Gasteiger partial charge in [-0.3, -0.25) is 0 Å². The van der Waals surface area contributed by atoms with Gasteiger partial charge in [-0.05, 0) is 32.1 Å². The highest BCUT2D eigenvalue weighted by atomic mass is 16.3. The van der Waals surface area contributed by atoms with Crippen LogP contribution < -0.4 is 5.73 Å². The van der Waals surface area contributed by atoms with Crippen LogP contribution in [0.5, 0.6) is 0 Å². The van der Waals surface area contributed by atoms with E-state index >= 15 is 0 Å². The summed E-state index contributed by atoms with van der Waals surface area (Å²) in [6.45, 7) is 1.95. The highest BCUT2D eigenvalue weighted by Crippen LogP contribution is 2.47. The van der Waals surface area contributed by atoms with Crippen LogP contribution in [0.15, 0.2) is 0 Å². The lowest BCUT2D eigenvalue weighted by Crippen LogP contribution is -2.40. The normalized spacial score (nSPS) is 56.5. The molecule has 0 aliphatic heterocycles. The van der Waals surface area contributed by atoms with Crippen molar-refractivity contribution in [1.82, 2.24) is 0 Å². The van der Waals surface area contributed by atoms with E-state index in [4.69, 9.17) is 5.73 Å². The summed E-state index contributed by atoms with van der Waals surface area (Å²) in [6, 6.07) is 0.277. The number of hydrogen-bond acceptors (Lipinski definition) is 2. The van der Waals surface area contributed by atoms with Gasteiger partial charge in [-0.15, -0.1) is 0 Å². The van der Waals surface area contributed by atoms with Gasteiger partial charge in [0, 0.05) is 12.0 Å². The van der Waals surface area contributed by atoms with Crippen LogP contribution in [0.3, 0.4) is 0 Å². The lowest BCUT2D eigenvalue weighted by Gasteiger charge is -2.30. The Morgan fingerprint density at radius 1 is 1.45 bits per heavy atom. The fourth-order valence-electron chi connectivity index (χ4n) is 2.96. The molecule has 2 bridgehead atoms. The van der Waals surface area contributed by atoms with E-state index in [1.807, 2.05) is 6.92 Å². The van der Waals surface area contributed by atoms with E-state index in [1.165, 1.54) is 12.8 Å². The molecule has 0 aromatic carbocycles. The standard InChI is InChI=1S/C9H17NO/c1-9(11)5-6-3-2-4-7(9)8(6)10/h6-8,11H,2-5,10H2,1H3/t6?,7?,8?,9-/m1/s1. The Labute approximate surface area is 67.8 Å². The Hall–Kier alpha value is -0.0800. The first kappa shape index (κ1) is 7.56. The lowest BCUT2D eigenvalue weighted by atomic mass is 9.82. The van der Waals surface area contributed by atoms with Crippen LogP contribution in [-0.4, -0.2) is 16.7 Å². The molecule has 64 valence electrons. The number of hydrogen-bond donors (Lipinski definition) is 2. The predicted octanol–water partition coefficient (Wildman–Crippen LogP) is 0.885. The molecular weight excluding hydrogens is 138 g/mol. The van der Waals surface area contributed by atoms with E-state index in [9.17, 15) is 5.11 Å². The minimum absolute atomic E-state index is 0.277. The molecule has 11 heavy (non-hydrogen) atoms. The zero-order chi connectivity index (χ0) is 8.06. The van der Waals surface area contributed by atoms with E-state index in [2.05, 4.69) is 0 Å². The molecule has 0 radical (unpaired) electrons. The maximum absolute atomic E-state index is 9.96. The number of rotatable bonds is 0. The molecule has 0 amide bonds. The van der Waals surface area contributed by atoms with Crippen molar-refractivity contribution >= 4 is 0 Å².